The smallest absolute Gasteiger partial charge is 0.264 e. The van der Waals surface area contributed by atoms with Crippen LogP contribution in [0.5, 0.6) is 5.75 Å². The number of pyridine rings is 1. The SMILES string of the molecule is COc1cc(-c2cnn(C3CCN(C(=O)/C(C#N)=C/C(C)(C)N(C)C4COC4)CC3)c2C)cn2ncc(C#N)c12. The van der Waals surface area contributed by atoms with Crippen LogP contribution < -0.4 is 4.74 Å². The number of ether oxygens (including phenoxy) is 2. The molecule has 2 aliphatic heterocycles. The van der Waals surface area contributed by atoms with Gasteiger partial charge in [-0.25, -0.2) is 4.52 Å². The molecule has 0 saturated carbocycles. The van der Waals surface area contributed by atoms with Crippen molar-refractivity contribution in [1.82, 2.24) is 29.2 Å². The van der Waals surface area contributed by atoms with E-state index in [1.807, 2.05) is 51.0 Å². The second-order valence-electron chi connectivity index (χ2n) is 11.0. The lowest BCUT2D eigenvalue weighted by molar-refractivity contribution is -0.128. The molecular formula is C29H34N8O3. The maximum absolute atomic E-state index is 13.3. The van der Waals surface area contributed by atoms with Crippen molar-refractivity contribution in [2.45, 2.75) is 51.2 Å². The highest BCUT2D eigenvalue weighted by molar-refractivity contribution is 5.97. The molecule has 5 rings (SSSR count). The number of fused-ring (bicyclic) bond motifs is 1. The second-order valence-corrected chi connectivity index (χ2v) is 11.0. The van der Waals surface area contributed by atoms with Gasteiger partial charge >= 0.3 is 0 Å². The van der Waals surface area contributed by atoms with Crippen LogP contribution in [0.2, 0.25) is 0 Å². The first-order valence-electron chi connectivity index (χ1n) is 13.4. The van der Waals surface area contributed by atoms with E-state index in [9.17, 15) is 15.3 Å². The van der Waals surface area contributed by atoms with Crippen LogP contribution in [0.25, 0.3) is 16.6 Å². The lowest BCUT2D eigenvalue weighted by Crippen LogP contribution is -2.55. The van der Waals surface area contributed by atoms with E-state index in [0.29, 0.717) is 43.1 Å². The summed E-state index contributed by atoms with van der Waals surface area (Å²) in [6.45, 7) is 8.49. The molecule has 0 radical (unpaired) electrons. The Balaban J connectivity index is 1.30. The van der Waals surface area contributed by atoms with Crippen LogP contribution in [0.1, 0.15) is 44.0 Å². The van der Waals surface area contributed by atoms with Gasteiger partial charge in [0.15, 0.2) is 0 Å². The van der Waals surface area contributed by atoms with Gasteiger partial charge in [-0.1, -0.05) is 0 Å². The highest BCUT2D eigenvalue weighted by atomic mass is 16.5. The number of hydrogen-bond donors (Lipinski definition) is 0. The molecule has 0 N–H and O–H groups in total. The second kappa shape index (κ2) is 10.8. The van der Waals surface area contributed by atoms with Gasteiger partial charge in [0.2, 0.25) is 0 Å². The summed E-state index contributed by atoms with van der Waals surface area (Å²) in [5.41, 5.74) is 3.65. The van der Waals surface area contributed by atoms with E-state index < -0.39 is 5.54 Å². The third-order valence-corrected chi connectivity index (χ3v) is 8.30. The molecule has 3 aromatic rings. The number of nitrogens with zero attached hydrogens (tertiary/aromatic N) is 8. The molecular weight excluding hydrogens is 508 g/mol. The summed E-state index contributed by atoms with van der Waals surface area (Å²) in [5, 5.41) is 28.2. The highest BCUT2D eigenvalue weighted by Crippen LogP contribution is 2.33. The van der Waals surface area contributed by atoms with E-state index >= 15 is 0 Å². The zero-order chi connectivity index (χ0) is 28.6. The minimum atomic E-state index is -0.450. The zero-order valence-corrected chi connectivity index (χ0v) is 23.6. The Hall–Kier alpha value is -4.19. The zero-order valence-electron chi connectivity index (χ0n) is 23.6. The van der Waals surface area contributed by atoms with Crippen LogP contribution in [0.3, 0.4) is 0 Å². The fraction of sp³-hybridized carbons (Fsp3) is 0.483. The summed E-state index contributed by atoms with van der Waals surface area (Å²) in [5.74, 6) is 0.351. The molecule has 0 aliphatic carbocycles. The Morgan fingerprint density at radius 2 is 1.95 bits per heavy atom. The number of likely N-dealkylation sites (N-methyl/N-ethyl adjacent to an activating group) is 1. The minimum Gasteiger partial charge on any atom is -0.494 e. The summed E-state index contributed by atoms with van der Waals surface area (Å²) in [4.78, 5) is 17.2. The van der Waals surface area contributed by atoms with Crippen molar-refractivity contribution in [2.75, 3.05) is 40.5 Å². The standard InChI is InChI=1S/C29H34N8O3/c1-19-25(20-10-26(39-5)27-22(13-31)14-32-36(27)16-20)15-33-37(19)23-6-8-35(9-7-23)28(38)21(12-30)11-29(2,3)34(4)24-17-40-18-24/h10-11,14-16,23-24H,6-9,17-18H2,1-5H3/b21-11+. The van der Waals surface area contributed by atoms with Gasteiger partial charge in [0.25, 0.3) is 5.91 Å². The molecule has 2 aliphatic rings. The Kier molecular flexibility index (Phi) is 7.37. The van der Waals surface area contributed by atoms with Gasteiger partial charge in [0, 0.05) is 41.6 Å². The lowest BCUT2D eigenvalue weighted by atomic mass is 9.96. The maximum Gasteiger partial charge on any atom is 0.264 e. The van der Waals surface area contributed by atoms with Gasteiger partial charge in [-0.2, -0.15) is 20.7 Å². The van der Waals surface area contributed by atoms with Gasteiger partial charge in [-0.3, -0.25) is 14.4 Å². The number of carbonyl (C=O) groups excluding carboxylic acids is 1. The van der Waals surface area contributed by atoms with Crippen LogP contribution in [0.4, 0.5) is 0 Å². The quantitative estimate of drug-likeness (QED) is 0.329. The summed E-state index contributed by atoms with van der Waals surface area (Å²) < 4.78 is 14.6. The summed E-state index contributed by atoms with van der Waals surface area (Å²) in [7, 11) is 3.58. The normalized spacial score (nSPS) is 17.1. The first kappa shape index (κ1) is 27.4. The molecule has 11 heteroatoms. The van der Waals surface area contributed by atoms with Crippen molar-refractivity contribution in [3.05, 3.63) is 47.6 Å². The van der Waals surface area contributed by atoms with Crippen molar-refractivity contribution in [2.24, 2.45) is 0 Å². The molecule has 0 unspecified atom stereocenters. The lowest BCUT2D eigenvalue weighted by Gasteiger charge is -2.43. The van der Waals surface area contributed by atoms with Gasteiger partial charge in [-0.15, -0.1) is 0 Å². The minimum absolute atomic E-state index is 0.133. The fourth-order valence-corrected chi connectivity index (χ4v) is 5.54. The van der Waals surface area contributed by atoms with E-state index in [-0.39, 0.29) is 23.6 Å². The van der Waals surface area contributed by atoms with Gasteiger partial charge in [-0.05, 0) is 52.8 Å². The molecule has 0 atom stereocenters. The molecule has 5 heterocycles. The van der Waals surface area contributed by atoms with Gasteiger partial charge in [0.1, 0.15) is 34.5 Å². The molecule has 3 aromatic heterocycles. The molecule has 11 nitrogen and oxygen atoms in total. The van der Waals surface area contributed by atoms with E-state index in [1.54, 1.807) is 22.6 Å². The van der Waals surface area contributed by atoms with E-state index in [4.69, 9.17) is 14.6 Å². The average Bonchev–Trinajstić information content (AvgIpc) is 3.53. The summed E-state index contributed by atoms with van der Waals surface area (Å²) in [6, 6.07) is 6.62. The van der Waals surface area contributed by atoms with Crippen molar-refractivity contribution in [3.8, 4) is 29.0 Å². The van der Waals surface area contributed by atoms with Gasteiger partial charge in [0.05, 0.1) is 44.8 Å². The van der Waals surface area contributed by atoms with Crippen molar-refractivity contribution in [3.63, 3.8) is 0 Å². The van der Waals surface area contributed by atoms with Crippen LogP contribution in [0, 0.1) is 29.6 Å². The van der Waals surface area contributed by atoms with Crippen molar-refractivity contribution >= 4 is 11.4 Å². The largest absolute Gasteiger partial charge is 0.494 e. The Morgan fingerprint density at radius 1 is 1.23 bits per heavy atom. The Bertz CT molecular complexity index is 1540. The molecule has 1 amide bonds. The molecule has 0 spiro atoms. The first-order valence-corrected chi connectivity index (χ1v) is 13.4. The molecule has 0 aromatic carbocycles. The summed E-state index contributed by atoms with van der Waals surface area (Å²) >= 11 is 0. The molecule has 0 bridgehead atoms. The number of piperidine rings is 1. The first-order chi connectivity index (χ1) is 19.2. The van der Waals surface area contributed by atoms with Crippen molar-refractivity contribution in [1.29, 1.82) is 10.5 Å². The number of nitriles is 2. The number of aromatic nitrogens is 4. The third-order valence-electron chi connectivity index (χ3n) is 8.30. The summed E-state index contributed by atoms with van der Waals surface area (Å²) in [6.07, 6.45) is 8.51. The number of likely N-dealkylation sites (tertiary alicyclic amines) is 1. The fourth-order valence-electron chi connectivity index (χ4n) is 5.54. The topological polar surface area (TPSA) is 125 Å². The Labute approximate surface area is 233 Å². The number of carbonyl (C=O) groups is 1. The van der Waals surface area contributed by atoms with E-state index in [1.165, 1.54) is 6.20 Å². The van der Waals surface area contributed by atoms with E-state index in [2.05, 4.69) is 22.1 Å². The third kappa shape index (κ3) is 4.83. The number of amides is 1. The number of hydrogen-bond acceptors (Lipinski definition) is 8. The molecule has 208 valence electrons. The molecule has 2 saturated heterocycles. The monoisotopic (exact) mass is 542 g/mol. The highest BCUT2D eigenvalue weighted by Gasteiger charge is 2.34. The van der Waals surface area contributed by atoms with E-state index in [0.717, 1.165) is 29.7 Å². The number of rotatable bonds is 7. The molecule has 2 fully saturated rings. The Morgan fingerprint density at radius 3 is 2.55 bits per heavy atom. The molecule has 40 heavy (non-hydrogen) atoms. The van der Waals surface area contributed by atoms with Crippen LogP contribution in [0.15, 0.2) is 36.3 Å². The van der Waals surface area contributed by atoms with Crippen LogP contribution in [-0.4, -0.2) is 87.1 Å². The van der Waals surface area contributed by atoms with Crippen molar-refractivity contribution < 1.29 is 14.3 Å². The van der Waals surface area contributed by atoms with Gasteiger partial charge < -0.3 is 14.4 Å². The predicted molar refractivity (Wildman–Crippen MR) is 147 cm³/mol. The maximum atomic E-state index is 13.3. The average molecular weight is 543 g/mol. The number of methoxy groups -OCH3 is 1. The van der Waals surface area contributed by atoms with Crippen LogP contribution in [-0.2, 0) is 9.53 Å². The predicted octanol–water partition coefficient (Wildman–Crippen LogP) is 3.11. The van der Waals surface area contributed by atoms with Crippen LogP contribution >= 0.6 is 0 Å².